The zero-order chi connectivity index (χ0) is 23.7. The molecular formula is C25H33NO4S2. The Kier molecular flexibility index (Phi) is 7.52. The van der Waals surface area contributed by atoms with Crippen LogP contribution in [0.1, 0.15) is 69.8 Å². The smallest absolute Gasteiger partial charge is 0.327 e. The standard InChI is InChI=1S/C25H33NO4S2/c1-15(2)25(9-7-18-8-10-31-26-18)13-20(28)22(23(29)30-25)32-21-11-16(3)17(14-27)12-19(21)24(4,5)6/h8,10-12,15,22,27H,7,9,13-14H2,1-6H3. The minimum atomic E-state index is -0.873. The van der Waals surface area contributed by atoms with Gasteiger partial charge in [0.25, 0.3) is 0 Å². The molecule has 5 nitrogen and oxygen atoms in total. The third-order valence-electron chi connectivity index (χ3n) is 6.29. The van der Waals surface area contributed by atoms with Crippen molar-refractivity contribution < 1.29 is 19.4 Å². The highest BCUT2D eigenvalue weighted by atomic mass is 32.2. The van der Waals surface area contributed by atoms with Gasteiger partial charge in [-0.3, -0.25) is 9.59 Å². The summed E-state index contributed by atoms with van der Waals surface area (Å²) in [5.41, 5.74) is 2.79. The number of cyclic esters (lactones) is 1. The number of carbonyl (C=O) groups excluding carboxylic acids is 2. The lowest BCUT2D eigenvalue weighted by atomic mass is 9.79. The van der Waals surface area contributed by atoms with Crippen molar-refractivity contribution in [1.82, 2.24) is 4.37 Å². The van der Waals surface area contributed by atoms with Crippen LogP contribution in [0.15, 0.2) is 28.5 Å². The number of aryl methyl sites for hydroxylation is 2. The zero-order valence-electron chi connectivity index (χ0n) is 19.7. The van der Waals surface area contributed by atoms with Gasteiger partial charge in [0, 0.05) is 16.7 Å². The minimum Gasteiger partial charge on any atom is -0.457 e. The lowest BCUT2D eigenvalue weighted by molar-refractivity contribution is -0.176. The molecule has 0 aliphatic carbocycles. The van der Waals surface area contributed by atoms with Gasteiger partial charge in [0.05, 0.1) is 12.3 Å². The number of aromatic nitrogens is 1. The first kappa shape index (κ1) is 24.9. The lowest BCUT2D eigenvalue weighted by Gasteiger charge is -2.41. The van der Waals surface area contributed by atoms with E-state index in [4.69, 9.17) is 4.74 Å². The van der Waals surface area contributed by atoms with Gasteiger partial charge in [-0.15, -0.1) is 11.8 Å². The normalized spacial score (nSPS) is 21.8. The van der Waals surface area contributed by atoms with Crippen molar-refractivity contribution in [3.63, 3.8) is 0 Å². The zero-order valence-corrected chi connectivity index (χ0v) is 21.4. The molecule has 1 fully saturated rings. The van der Waals surface area contributed by atoms with E-state index in [-0.39, 0.29) is 30.1 Å². The highest BCUT2D eigenvalue weighted by Crippen LogP contribution is 2.42. The molecule has 3 rings (SSSR count). The van der Waals surface area contributed by atoms with Crippen LogP contribution in [0.2, 0.25) is 0 Å². The Balaban J connectivity index is 1.85. The summed E-state index contributed by atoms with van der Waals surface area (Å²) in [5, 5.41) is 10.8. The Hall–Kier alpha value is -1.70. The number of ether oxygens (including phenoxy) is 1. The van der Waals surface area contributed by atoms with Crippen LogP contribution in [0.3, 0.4) is 0 Å². The van der Waals surface area contributed by atoms with Crippen molar-refractivity contribution in [3.05, 3.63) is 46.0 Å². The molecule has 1 aromatic heterocycles. The number of nitrogens with zero attached hydrogens (tertiary/aromatic N) is 1. The Morgan fingerprint density at radius 3 is 2.56 bits per heavy atom. The van der Waals surface area contributed by atoms with E-state index in [2.05, 4.69) is 25.1 Å². The topological polar surface area (TPSA) is 76.5 Å². The molecule has 32 heavy (non-hydrogen) atoms. The number of benzene rings is 1. The average molecular weight is 476 g/mol. The van der Waals surface area contributed by atoms with Crippen LogP contribution in [0.4, 0.5) is 0 Å². The van der Waals surface area contributed by atoms with Gasteiger partial charge in [0.15, 0.2) is 11.0 Å². The predicted octanol–water partition coefficient (Wildman–Crippen LogP) is 5.25. The maximum Gasteiger partial charge on any atom is 0.327 e. The van der Waals surface area contributed by atoms with E-state index < -0.39 is 16.8 Å². The molecule has 1 saturated heterocycles. The van der Waals surface area contributed by atoms with Crippen molar-refractivity contribution in [1.29, 1.82) is 0 Å². The fourth-order valence-corrected chi connectivity index (χ4v) is 6.00. The summed E-state index contributed by atoms with van der Waals surface area (Å²) in [6.07, 6.45) is 1.48. The van der Waals surface area contributed by atoms with Gasteiger partial charge in [-0.1, -0.05) is 40.7 Å². The number of aliphatic hydroxyl groups excluding tert-OH is 1. The van der Waals surface area contributed by atoms with Gasteiger partial charge in [0.1, 0.15) is 5.60 Å². The molecule has 2 heterocycles. The summed E-state index contributed by atoms with van der Waals surface area (Å²) in [6, 6.07) is 5.93. The SMILES string of the molecule is Cc1cc(SC2C(=O)CC(CCc3ccsn3)(C(C)C)OC2=O)c(C(C)(C)C)cc1CO. The van der Waals surface area contributed by atoms with Crippen LogP contribution in [0.25, 0.3) is 0 Å². The molecule has 1 N–H and O–H groups in total. The van der Waals surface area contributed by atoms with Crippen LogP contribution in [0.5, 0.6) is 0 Å². The van der Waals surface area contributed by atoms with Crippen LogP contribution < -0.4 is 0 Å². The highest BCUT2D eigenvalue weighted by molar-refractivity contribution is 8.01. The van der Waals surface area contributed by atoms with Gasteiger partial charge in [-0.25, -0.2) is 0 Å². The van der Waals surface area contributed by atoms with Crippen molar-refractivity contribution in [2.75, 3.05) is 0 Å². The highest BCUT2D eigenvalue weighted by Gasteiger charge is 2.49. The summed E-state index contributed by atoms with van der Waals surface area (Å²) in [7, 11) is 0. The summed E-state index contributed by atoms with van der Waals surface area (Å²) in [6.45, 7) is 12.2. The van der Waals surface area contributed by atoms with E-state index in [1.165, 1.54) is 23.3 Å². The number of carbonyl (C=O) groups is 2. The maximum absolute atomic E-state index is 13.3. The molecule has 0 saturated carbocycles. The number of ketones is 1. The third-order valence-corrected chi connectivity index (χ3v) is 8.17. The summed E-state index contributed by atoms with van der Waals surface area (Å²) < 4.78 is 10.4. The Morgan fingerprint density at radius 2 is 2.03 bits per heavy atom. The molecule has 0 radical (unpaired) electrons. The fourth-order valence-electron chi connectivity index (χ4n) is 4.09. The predicted molar refractivity (Wildman–Crippen MR) is 129 cm³/mol. The van der Waals surface area contributed by atoms with Gasteiger partial charge < -0.3 is 9.84 Å². The molecule has 0 spiro atoms. The Bertz CT molecular complexity index is 959. The second-order valence-corrected chi connectivity index (χ2v) is 11.8. The maximum atomic E-state index is 13.3. The van der Waals surface area contributed by atoms with Gasteiger partial charge in [-0.2, -0.15) is 4.37 Å². The van der Waals surface area contributed by atoms with Crippen molar-refractivity contribution >= 4 is 35.0 Å². The monoisotopic (exact) mass is 475 g/mol. The minimum absolute atomic E-state index is 0.0243. The van der Waals surface area contributed by atoms with Crippen LogP contribution in [0, 0.1) is 12.8 Å². The number of hydrogen-bond donors (Lipinski definition) is 1. The largest absolute Gasteiger partial charge is 0.457 e. The van der Waals surface area contributed by atoms with Crippen molar-refractivity contribution in [2.24, 2.45) is 5.92 Å². The molecule has 0 amide bonds. The van der Waals surface area contributed by atoms with E-state index in [1.54, 1.807) is 0 Å². The van der Waals surface area contributed by atoms with E-state index in [1.807, 2.05) is 44.4 Å². The molecule has 174 valence electrons. The number of rotatable bonds is 7. The Labute approximate surface area is 199 Å². The number of thioether (sulfide) groups is 1. The number of hydrogen-bond acceptors (Lipinski definition) is 7. The van der Waals surface area contributed by atoms with Gasteiger partial charge >= 0.3 is 5.97 Å². The molecule has 7 heteroatoms. The second kappa shape index (κ2) is 9.65. The van der Waals surface area contributed by atoms with Crippen molar-refractivity contribution in [3.8, 4) is 0 Å². The quantitative estimate of drug-likeness (QED) is 0.436. The molecule has 2 unspecified atom stereocenters. The first-order valence-electron chi connectivity index (χ1n) is 11.0. The number of aliphatic hydroxyl groups is 1. The van der Waals surface area contributed by atoms with E-state index in [0.29, 0.717) is 12.8 Å². The molecular weight excluding hydrogens is 442 g/mol. The Morgan fingerprint density at radius 1 is 1.31 bits per heavy atom. The summed E-state index contributed by atoms with van der Waals surface area (Å²) in [4.78, 5) is 27.3. The van der Waals surface area contributed by atoms with E-state index in [9.17, 15) is 14.7 Å². The lowest BCUT2D eigenvalue weighted by Crippen LogP contribution is -2.52. The number of esters is 1. The third kappa shape index (κ3) is 5.26. The van der Waals surface area contributed by atoms with E-state index >= 15 is 0 Å². The molecule has 0 bridgehead atoms. The summed E-state index contributed by atoms with van der Waals surface area (Å²) >= 11 is 2.68. The molecule has 1 aromatic carbocycles. The molecule has 1 aliphatic heterocycles. The first-order valence-corrected chi connectivity index (χ1v) is 12.7. The molecule has 2 atom stereocenters. The van der Waals surface area contributed by atoms with Gasteiger partial charge in [0.2, 0.25) is 0 Å². The van der Waals surface area contributed by atoms with Gasteiger partial charge in [-0.05, 0) is 71.5 Å². The second-order valence-electron chi connectivity index (χ2n) is 9.96. The number of Topliss-reactive ketones (excluding diaryl/α,β-unsaturated/α-hetero) is 1. The van der Waals surface area contributed by atoms with Crippen LogP contribution in [-0.4, -0.2) is 32.1 Å². The first-order chi connectivity index (χ1) is 15.0. The summed E-state index contributed by atoms with van der Waals surface area (Å²) in [5.74, 6) is -0.514. The van der Waals surface area contributed by atoms with Crippen LogP contribution in [-0.2, 0) is 32.8 Å². The van der Waals surface area contributed by atoms with Crippen molar-refractivity contribution in [2.45, 2.75) is 88.6 Å². The van der Waals surface area contributed by atoms with E-state index in [0.717, 1.165) is 27.3 Å². The fraction of sp³-hybridized carbons (Fsp3) is 0.560. The molecule has 1 aliphatic rings. The average Bonchev–Trinajstić information content (AvgIpc) is 3.22. The van der Waals surface area contributed by atoms with Crippen LogP contribution >= 0.6 is 23.3 Å². The molecule has 2 aromatic rings.